The number of hydrogen-bond donors (Lipinski definition) is 1. The van der Waals surface area contributed by atoms with Gasteiger partial charge in [-0.05, 0) is 44.5 Å². The van der Waals surface area contributed by atoms with Gasteiger partial charge in [0, 0.05) is 24.0 Å². The van der Waals surface area contributed by atoms with Crippen molar-refractivity contribution in [3.63, 3.8) is 0 Å². The maximum absolute atomic E-state index is 13.1. The first-order valence-electron chi connectivity index (χ1n) is 9.42. The predicted molar refractivity (Wildman–Crippen MR) is 104 cm³/mol. The average Bonchev–Trinajstić information content (AvgIpc) is 3.09. The Hall–Kier alpha value is -3.29. The highest BCUT2D eigenvalue weighted by molar-refractivity contribution is 6.11. The Balaban J connectivity index is 1.60. The van der Waals surface area contributed by atoms with E-state index in [-0.39, 0.29) is 12.3 Å². The molecule has 2 aliphatic rings. The zero-order valence-electron chi connectivity index (χ0n) is 16.9. The summed E-state index contributed by atoms with van der Waals surface area (Å²) in [5, 5.41) is 2.72. The van der Waals surface area contributed by atoms with Gasteiger partial charge < -0.3 is 19.4 Å². The van der Waals surface area contributed by atoms with Crippen molar-refractivity contribution in [2.75, 3.05) is 19.8 Å². The number of nitrogens with one attached hydrogen (secondary N) is 1. The van der Waals surface area contributed by atoms with Gasteiger partial charge in [-0.3, -0.25) is 14.5 Å². The molecular formula is C21H23N3O5. The fourth-order valence-electron chi connectivity index (χ4n) is 3.76. The smallest absolute Gasteiger partial charge is 0.325 e. The third-order valence-corrected chi connectivity index (χ3v) is 5.77. The van der Waals surface area contributed by atoms with Crippen molar-refractivity contribution >= 4 is 17.7 Å². The number of ether oxygens (including phenoxy) is 2. The molecule has 0 spiro atoms. The van der Waals surface area contributed by atoms with Gasteiger partial charge in [-0.15, -0.1) is 0 Å². The predicted octanol–water partition coefficient (Wildman–Crippen LogP) is 2.06. The van der Waals surface area contributed by atoms with Crippen molar-refractivity contribution in [1.29, 1.82) is 0 Å². The van der Waals surface area contributed by atoms with E-state index in [0.29, 0.717) is 35.8 Å². The molecule has 8 nitrogen and oxygen atoms in total. The summed E-state index contributed by atoms with van der Waals surface area (Å²) >= 11 is 0. The summed E-state index contributed by atoms with van der Waals surface area (Å²) in [6.07, 6.45) is 0. The molecule has 152 valence electrons. The number of aryl methyl sites for hydroxylation is 1. The van der Waals surface area contributed by atoms with Gasteiger partial charge >= 0.3 is 6.03 Å². The van der Waals surface area contributed by atoms with Crippen LogP contribution in [0.3, 0.4) is 0 Å². The minimum Gasteiger partial charge on any atom is -0.486 e. The molecule has 2 aliphatic heterocycles. The van der Waals surface area contributed by atoms with E-state index >= 15 is 0 Å². The van der Waals surface area contributed by atoms with Gasteiger partial charge in [-0.1, -0.05) is 6.07 Å². The molecule has 0 bridgehead atoms. The number of amides is 3. The minimum atomic E-state index is -1.28. The highest BCUT2D eigenvalue weighted by Gasteiger charge is 2.50. The largest absolute Gasteiger partial charge is 0.486 e. The number of Topliss-reactive ketones (excluding diaryl/α,β-unsaturated/α-hetero) is 1. The van der Waals surface area contributed by atoms with E-state index in [2.05, 4.69) is 5.32 Å². The second-order valence-electron chi connectivity index (χ2n) is 7.57. The molecule has 8 heteroatoms. The Bertz CT molecular complexity index is 1040. The number of ketones is 1. The van der Waals surface area contributed by atoms with Gasteiger partial charge in [-0.2, -0.15) is 0 Å². The van der Waals surface area contributed by atoms with E-state index in [0.717, 1.165) is 16.3 Å². The van der Waals surface area contributed by atoms with E-state index in [1.807, 2.05) is 25.5 Å². The number of nitrogens with zero attached hydrogens (tertiary/aromatic N) is 2. The summed E-state index contributed by atoms with van der Waals surface area (Å²) in [7, 11) is 1.87. The first-order valence-corrected chi connectivity index (χ1v) is 9.42. The summed E-state index contributed by atoms with van der Waals surface area (Å²) in [5.41, 5.74) is 1.54. The number of fused-ring (bicyclic) bond motifs is 1. The number of rotatable bonds is 4. The Morgan fingerprint density at radius 1 is 1.14 bits per heavy atom. The topological polar surface area (TPSA) is 89.9 Å². The number of benzene rings is 1. The van der Waals surface area contributed by atoms with E-state index < -0.39 is 17.5 Å². The van der Waals surface area contributed by atoms with Crippen LogP contribution in [0, 0.1) is 13.8 Å². The van der Waals surface area contributed by atoms with Crippen molar-refractivity contribution < 1.29 is 23.9 Å². The lowest BCUT2D eigenvalue weighted by atomic mass is 9.91. The molecule has 1 aromatic carbocycles. The lowest BCUT2D eigenvalue weighted by molar-refractivity contribution is -0.130. The summed E-state index contributed by atoms with van der Waals surface area (Å²) in [4.78, 5) is 39.5. The number of aromatic nitrogens is 1. The quantitative estimate of drug-likeness (QED) is 0.630. The van der Waals surface area contributed by atoms with Crippen LogP contribution in [-0.4, -0.2) is 46.9 Å². The Morgan fingerprint density at radius 3 is 2.48 bits per heavy atom. The standard InChI is InChI=1S/C21H23N3O5/c1-12-9-15(13(2)23(12)4)16(25)11-24-19(26)21(3,22-20(24)27)14-5-6-17-18(10-14)29-8-7-28-17/h5-6,9-10H,7-8,11H2,1-4H3,(H,22,27)/t21-/m1/s1. The van der Waals surface area contributed by atoms with Gasteiger partial charge in [0.2, 0.25) is 0 Å². The molecule has 0 unspecified atom stereocenters. The van der Waals surface area contributed by atoms with Crippen LogP contribution in [0.25, 0.3) is 0 Å². The molecule has 1 aromatic heterocycles. The van der Waals surface area contributed by atoms with Crippen molar-refractivity contribution in [2.45, 2.75) is 26.3 Å². The molecule has 0 aliphatic carbocycles. The maximum Gasteiger partial charge on any atom is 0.325 e. The van der Waals surface area contributed by atoms with Crippen molar-refractivity contribution in [1.82, 2.24) is 14.8 Å². The molecule has 29 heavy (non-hydrogen) atoms. The molecular weight excluding hydrogens is 374 g/mol. The molecule has 0 saturated carbocycles. The molecule has 1 atom stereocenters. The fraction of sp³-hybridized carbons (Fsp3) is 0.381. The van der Waals surface area contributed by atoms with Crippen LogP contribution < -0.4 is 14.8 Å². The summed E-state index contributed by atoms with van der Waals surface area (Å²) in [6.45, 7) is 5.94. The fourth-order valence-corrected chi connectivity index (χ4v) is 3.76. The first-order chi connectivity index (χ1) is 13.7. The maximum atomic E-state index is 13.1. The molecule has 2 aromatic rings. The SMILES string of the molecule is Cc1cc(C(=O)CN2C(=O)N[C@](C)(c3ccc4c(c3)OCCO4)C2=O)c(C)n1C. The average molecular weight is 397 g/mol. The molecule has 3 amide bonds. The highest BCUT2D eigenvalue weighted by Crippen LogP contribution is 2.36. The van der Waals surface area contributed by atoms with Crippen LogP contribution in [-0.2, 0) is 17.4 Å². The van der Waals surface area contributed by atoms with Crippen molar-refractivity contribution in [2.24, 2.45) is 7.05 Å². The minimum absolute atomic E-state index is 0.277. The number of urea groups is 1. The number of hydrogen-bond acceptors (Lipinski definition) is 5. The van der Waals surface area contributed by atoms with Crippen LogP contribution in [0.5, 0.6) is 11.5 Å². The third-order valence-electron chi connectivity index (χ3n) is 5.77. The van der Waals surface area contributed by atoms with E-state index in [1.165, 1.54) is 0 Å². The highest BCUT2D eigenvalue weighted by atomic mass is 16.6. The number of imide groups is 1. The lowest BCUT2D eigenvalue weighted by Crippen LogP contribution is -2.41. The van der Waals surface area contributed by atoms with Crippen molar-refractivity contribution in [3.8, 4) is 11.5 Å². The second-order valence-corrected chi connectivity index (χ2v) is 7.57. The van der Waals surface area contributed by atoms with Gasteiger partial charge in [0.25, 0.3) is 5.91 Å². The third kappa shape index (κ3) is 2.95. The van der Waals surface area contributed by atoms with Crippen LogP contribution in [0.2, 0.25) is 0 Å². The summed E-state index contributed by atoms with van der Waals surface area (Å²) < 4.78 is 13.0. The van der Waals surface area contributed by atoms with Gasteiger partial charge in [0.1, 0.15) is 18.8 Å². The molecule has 1 saturated heterocycles. The molecule has 1 N–H and O–H groups in total. The van der Waals surface area contributed by atoms with Gasteiger partial charge in [-0.25, -0.2) is 4.79 Å². The first kappa shape index (κ1) is 19.0. The molecule has 4 rings (SSSR count). The number of carbonyl (C=O) groups excluding carboxylic acids is 3. The number of carbonyl (C=O) groups is 3. The van der Waals surface area contributed by atoms with Crippen LogP contribution in [0.15, 0.2) is 24.3 Å². The van der Waals surface area contributed by atoms with Crippen LogP contribution in [0.1, 0.15) is 34.2 Å². The summed E-state index contributed by atoms with van der Waals surface area (Å²) in [6, 6.07) is 6.32. The zero-order valence-corrected chi connectivity index (χ0v) is 16.9. The van der Waals surface area contributed by atoms with Gasteiger partial charge in [0.05, 0.1) is 6.54 Å². The monoisotopic (exact) mass is 397 g/mol. The van der Waals surface area contributed by atoms with Gasteiger partial charge in [0.15, 0.2) is 17.3 Å². The Kier molecular flexibility index (Phi) is 4.37. The second kappa shape index (κ2) is 6.65. The summed E-state index contributed by atoms with van der Waals surface area (Å²) in [5.74, 6) is 0.378. The van der Waals surface area contributed by atoms with Crippen molar-refractivity contribution in [3.05, 3.63) is 46.8 Å². The Morgan fingerprint density at radius 2 is 1.83 bits per heavy atom. The normalized spacial score (nSPS) is 20.8. The molecule has 3 heterocycles. The lowest BCUT2D eigenvalue weighted by Gasteiger charge is -2.25. The van der Waals surface area contributed by atoms with Crippen LogP contribution in [0.4, 0.5) is 4.79 Å². The molecule has 0 radical (unpaired) electrons. The van der Waals surface area contributed by atoms with E-state index in [9.17, 15) is 14.4 Å². The molecule has 1 fully saturated rings. The van der Waals surface area contributed by atoms with E-state index in [1.54, 1.807) is 31.2 Å². The van der Waals surface area contributed by atoms with Crippen LogP contribution >= 0.6 is 0 Å². The zero-order chi connectivity index (χ0) is 20.9. The Labute approximate surface area is 168 Å². The van der Waals surface area contributed by atoms with E-state index in [4.69, 9.17) is 9.47 Å².